The molecule has 6 nitrogen and oxygen atoms in total. The molecule has 0 aliphatic carbocycles. The normalized spacial score (nSPS) is 12.1. The molecular formula is C13H26O6P2. The molecule has 0 amide bonds. The summed E-state index contributed by atoms with van der Waals surface area (Å²) in [5, 5.41) is 0.506. The van der Waals surface area contributed by atoms with Gasteiger partial charge in [0.1, 0.15) is 0 Å². The number of hydrogen-bond donors (Lipinski definition) is 0. The summed E-state index contributed by atoms with van der Waals surface area (Å²) in [4.78, 5) is 0. The van der Waals surface area contributed by atoms with E-state index in [0.717, 1.165) is 0 Å². The molecule has 0 aromatic heterocycles. The van der Waals surface area contributed by atoms with Crippen LogP contribution in [0.2, 0.25) is 0 Å². The van der Waals surface area contributed by atoms with Gasteiger partial charge in [-0.3, -0.25) is 9.13 Å². The zero-order valence-corrected chi connectivity index (χ0v) is 15.5. The number of hydrogen-bond acceptors (Lipinski definition) is 6. The molecule has 0 heterocycles. The van der Waals surface area contributed by atoms with Gasteiger partial charge in [-0.1, -0.05) is 5.73 Å². The van der Waals surface area contributed by atoms with E-state index < -0.39 is 15.2 Å². The minimum atomic E-state index is -3.42. The maximum atomic E-state index is 12.6. The Morgan fingerprint density at radius 1 is 0.714 bits per heavy atom. The molecule has 0 aromatic carbocycles. The quantitative estimate of drug-likeness (QED) is 0.415. The number of rotatable bonds is 10. The molecule has 0 atom stereocenters. The van der Waals surface area contributed by atoms with Gasteiger partial charge in [-0.25, -0.2) is 0 Å². The van der Waals surface area contributed by atoms with E-state index in [9.17, 15) is 9.13 Å². The van der Waals surface area contributed by atoms with Gasteiger partial charge in [-0.05, 0) is 41.5 Å². The van der Waals surface area contributed by atoms with E-state index in [1.807, 2.05) is 0 Å². The molecular weight excluding hydrogens is 314 g/mol. The van der Waals surface area contributed by atoms with E-state index >= 15 is 0 Å². The van der Waals surface area contributed by atoms with E-state index in [0.29, 0.717) is 0 Å². The first-order valence-electron chi connectivity index (χ1n) is 7.03. The monoisotopic (exact) mass is 340 g/mol. The van der Waals surface area contributed by atoms with Crippen LogP contribution < -0.4 is 0 Å². The minimum Gasteiger partial charge on any atom is -0.305 e. The van der Waals surface area contributed by atoms with Gasteiger partial charge in [-0.15, -0.1) is 0 Å². The SMILES string of the molecule is CCOP(=O)(OCC)C(C)=C=C(C)P(=O)(OCC)OCC. The molecule has 124 valence electrons. The zero-order valence-electron chi connectivity index (χ0n) is 13.7. The summed E-state index contributed by atoms with van der Waals surface area (Å²) in [6.07, 6.45) is 0. The summed E-state index contributed by atoms with van der Waals surface area (Å²) in [5.41, 5.74) is 2.81. The Hall–Kier alpha value is -0.180. The first-order chi connectivity index (χ1) is 9.79. The summed E-state index contributed by atoms with van der Waals surface area (Å²) in [6.45, 7) is 11.0. The summed E-state index contributed by atoms with van der Waals surface area (Å²) >= 11 is 0. The third kappa shape index (κ3) is 6.22. The summed E-state index contributed by atoms with van der Waals surface area (Å²) in [6, 6.07) is 0. The van der Waals surface area contributed by atoms with Crippen LogP contribution in [0.5, 0.6) is 0 Å². The van der Waals surface area contributed by atoms with Crippen LogP contribution in [0.1, 0.15) is 41.5 Å². The highest BCUT2D eigenvalue weighted by Gasteiger charge is 2.30. The van der Waals surface area contributed by atoms with E-state index in [1.165, 1.54) is 0 Å². The van der Waals surface area contributed by atoms with Crippen molar-refractivity contribution in [3.63, 3.8) is 0 Å². The number of allylic oxidation sites excluding steroid dienone is 1. The van der Waals surface area contributed by atoms with E-state index in [4.69, 9.17) is 18.1 Å². The van der Waals surface area contributed by atoms with Crippen molar-refractivity contribution in [3.05, 3.63) is 16.4 Å². The van der Waals surface area contributed by atoms with Crippen molar-refractivity contribution in [2.75, 3.05) is 26.4 Å². The van der Waals surface area contributed by atoms with Crippen LogP contribution in [-0.4, -0.2) is 26.4 Å². The Morgan fingerprint density at radius 3 is 1.14 bits per heavy atom. The van der Waals surface area contributed by atoms with Crippen LogP contribution in [0.4, 0.5) is 0 Å². The fourth-order valence-electron chi connectivity index (χ4n) is 1.54. The second kappa shape index (κ2) is 9.76. The lowest BCUT2D eigenvalue weighted by molar-refractivity contribution is 0.226. The van der Waals surface area contributed by atoms with Crippen molar-refractivity contribution in [2.24, 2.45) is 0 Å². The Labute approximate surface area is 127 Å². The lowest BCUT2D eigenvalue weighted by atomic mass is 10.6. The van der Waals surface area contributed by atoms with Crippen molar-refractivity contribution in [2.45, 2.75) is 41.5 Å². The van der Waals surface area contributed by atoms with Crippen LogP contribution in [0.15, 0.2) is 16.4 Å². The minimum absolute atomic E-state index is 0.240. The molecule has 0 rings (SSSR count). The Balaban J connectivity index is 5.75. The zero-order chi connectivity index (χ0) is 16.5. The molecule has 21 heavy (non-hydrogen) atoms. The second-order valence-corrected chi connectivity index (χ2v) is 8.33. The lowest BCUT2D eigenvalue weighted by Gasteiger charge is -2.18. The van der Waals surface area contributed by atoms with Gasteiger partial charge in [0.15, 0.2) is 0 Å². The van der Waals surface area contributed by atoms with Crippen molar-refractivity contribution >= 4 is 15.2 Å². The van der Waals surface area contributed by atoms with Gasteiger partial charge in [0.25, 0.3) is 0 Å². The largest absolute Gasteiger partial charge is 0.364 e. The third-order valence-corrected chi connectivity index (χ3v) is 6.64. The molecule has 0 radical (unpaired) electrons. The van der Waals surface area contributed by atoms with Gasteiger partial charge >= 0.3 is 15.2 Å². The van der Waals surface area contributed by atoms with Crippen LogP contribution >= 0.6 is 15.2 Å². The topological polar surface area (TPSA) is 71.1 Å². The molecule has 8 heteroatoms. The maximum absolute atomic E-state index is 12.6. The molecule has 0 bridgehead atoms. The fraction of sp³-hybridized carbons (Fsp3) is 0.769. The molecule has 0 saturated carbocycles. The van der Waals surface area contributed by atoms with Crippen molar-refractivity contribution in [1.82, 2.24) is 0 Å². The van der Waals surface area contributed by atoms with Crippen LogP contribution in [0, 0.1) is 0 Å². The van der Waals surface area contributed by atoms with Crippen LogP contribution in [0.25, 0.3) is 0 Å². The molecule has 0 aliphatic heterocycles. The van der Waals surface area contributed by atoms with Gasteiger partial charge in [-0.2, -0.15) is 0 Å². The molecule has 0 N–H and O–H groups in total. The van der Waals surface area contributed by atoms with Crippen molar-refractivity contribution in [1.29, 1.82) is 0 Å². The third-order valence-electron chi connectivity index (χ3n) is 2.38. The predicted molar refractivity (Wildman–Crippen MR) is 83.6 cm³/mol. The van der Waals surface area contributed by atoms with Crippen molar-refractivity contribution in [3.8, 4) is 0 Å². The van der Waals surface area contributed by atoms with Gasteiger partial charge < -0.3 is 18.1 Å². The predicted octanol–water partition coefficient (Wildman–Crippen LogP) is 4.93. The lowest BCUT2D eigenvalue weighted by Crippen LogP contribution is -1.98. The average molecular weight is 340 g/mol. The van der Waals surface area contributed by atoms with Gasteiger partial charge in [0.2, 0.25) is 0 Å². The first kappa shape index (κ1) is 20.8. The Kier molecular flexibility index (Phi) is 9.68. The smallest absolute Gasteiger partial charge is 0.305 e. The van der Waals surface area contributed by atoms with Gasteiger partial charge in [0.05, 0.1) is 37.1 Å². The van der Waals surface area contributed by atoms with E-state index in [-0.39, 0.29) is 37.1 Å². The maximum Gasteiger partial charge on any atom is 0.364 e. The highest BCUT2D eigenvalue weighted by molar-refractivity contribution is 7.59. The van der Waals surface area contributed by atoms with Crippen LogP contribution in [0.3, 0.4) is 0 Å². The van der Waals surface area contributed by atoms with Crippen molar-refractivity contribution < 1.29 is 27.2 Å². The molecule has 0 saturated heterocycles. The molecule has 0 aromatic rings. The highest BCUT2D eigenvalue weighted by Crippen LogP contribution is 2.58. The fourth-order valence-corrected chi connectivity index (χ4v) is 4.52. The van der Waals surface area contributed by atoms with Crippen LogP contribution in [-0.2, 0) is 27.2 Å². The molecule has 0 fully saturated rings. The Morgan fingerprint density at radius 2 is 0.952 bits per heavy atom. The standard InChI is InChI=1S/C13H26O6P2/c1-7-16-20(14,17-8-2)12(5)11-13(6)21(15,18-9-3)19-10-4/h7-10H2,1-6H3. The van der Waals surface area contributed by atoms with E-state index in [1.54, 1.807) is 41.5 Å². The molecule has 0 unspecified atom stereocenters. The van der Waals surface area contributed by atoms with E-state index in [2.05, 4.69) is 5.73 Å². The summed E-state index contributed by atoms with van der Waals surface area (Å²) in [5.74, 6) is 0. The molecule has 0 spiro atoms. The molecule has 0 aliphatic rings. The van der Waals surface area contributed by atoms with Gasteiger partial charge in [0, 0.05) is 0 Å². The Bertz CT molecular complexity index is 419. The average Bonchev–Trinajstić information content (AvgIpc) is 2.39. The highest BCUT2D eigenvalue weighted by atomic mass is 31.2. The second-order valence-electron chi connectivity index (χ2n) is 3.96. The summed E-state index contributed by atoms with van der Waals surface area (Å²) in [7, 11) is -6.84. The summed E-state index contributed by atoms with van der Waals surface area (Å²) < 4.78 is 46.0. The first-order valence-corrected chi connectivity index (χ1v) is 10.1.